The predicted molar refractivity (Wildman–Crippen MR) is 40.1 cm³/mol. The quantitative estimate of drug-likeness (QED) is 0.347. The van der Waals surface area contributed by atoms with Gasteiger partial charge in [-0.05, 0) is 13.8 Å². The van der Waals surface area contributed by atoms with Gasteiger partial charge in [-0.15, -0.1) is 0 Å². The molecule has 0 saturated carbocycles. The van der Waals surface area contributed by atoms with Crippen LogP contribution in [0.25, 0.3) is 0 Å². The van der Waals surface area contributed by atoms with Gasteiger partial charge in [0.1, 0.15) is 11.7 Å². The maximum absolute atomic E-state index is 9.61. The molecular weight excluding hydrogens is 146 g/mol. The molecular formula is C7H15NO3. The van der Waals surface area contributed by atoms with Crippen molar-refractivity contribution in [3.05, 3.63) is 0 Å². The van der Waals surface area contributed by atoms with Crippen molar-refractivity contribution >= 4 is 0 Å². The van der Waals surface area contributed by atoms with Crippen LogP contribution in [-0.4, -0.2) is 45.7 Å². The van der Waals surface area contributed by atoms with Gasteiger partial charge in [0, 0.05) is 12.6 Å². The fraction of sp³-hybridized carbons (Fsp3) is 1.00. The highest BCUT2D eigenvalue weighted by molar-refractivity contribution is 4.99. The standard InChI is InChI=1S/C7H15NO3/c1-4-7(2,11)6(10)5(9)3-8-4/h4-6,8-11H,3H2,1-2H3/t4-,5-,6+,7-/m0/s1. The number of β-amino-alcohol motifs (C(OH)–C–C–N with tert-alkyl or cyclic N) is 1. The molecule has 0 spiro atoms. The van der Waals surface area contributed by atoms with E-state index in [1.165, 1.54) is 6.92 Å². The fourth-order valence-electron chi connectivity index (χ4n) is 1.26. The molecule has 0 amide bonds. The molecule has 1 aliphatic heterocycles. The topological polar surface area (TPSA) is 72.7 Å². The Balaban J connectivity index is 2.72. The molecule has 0 unspecified atom stereocenters. The molecule has 0 aliphatic carbocycles. The molecule has 1 saturated heterocycles. The summed E-state index contributed by atoms with van der Waals surface area (Å²) in [6.07, 6.45) is -1.93. The number of hydrogen-bond acceptors (Lipinski definition) is 4. The molecule has 0 aromatic carbocycles. The number of nitrogens with one attached hydrogen (secondary N) is 1. The van der Waals surface area contributed by atoms with E-state index in [0.29, 0.717) is 6.54 Å². The summed E-state index contributed by atoms with van der Waals surface area (Å²) in [6.45, 7) is 3.62. The molecule has 0 bridgehead atoms. The molecule has 0 aromatic rings. The molecule has 4 atom stereocenters. The van der Waals surface area contributed by atoms with Crippen LogP contribution in [-0.2, 0) is 0 Å². The van der Waals surface area contributed by atoms with Crippen LogP contribution in [0.2, 0.25) is 0 Å². The van der Waals surface area contributed by atoms with Gasteiger partial charge in [0.25, 0.3) is 0 Å². The summed E-state index contributed by atoms with van der Waals surface area (Å²) >= 11 is 0. The highest BCUT2D eigenvalue weighted by Crippen LogP contribution is 2.21. The van der Waals surface area contributed by atoms with Gasteiger partial charge in [-0.1, -0.05) is 0 Å². The first-order chi connectivity index (χ1) is 4.96. The molecule has 4 nitrogen and oxygen atoms in total. The molecule has 66 valence electrons. The highest BCUT2D eigenvalue weighted by Gasteiger charge is 2.43. The lowest BCUT2D eigenvalue weighted by atomic mass is 9.84. The average molecular weight is 161 g/mol. The number of hydrogen-bond donors (Lipinski definition) is 4. The van der Waals surface area contributed by atoms with Crippen molar-refractivity contribution in [2.45, 2.75) is 37.7 Å². The molecule has 0 aromatic heterocycles. The Kier molecular flexibility index (Phi) is 2.20. The highest BCUT2D eigenvalue weighted by atomic mass is 16.4. The molecule has 0 radical (unpaired) electrons. The Morgan fingerprint density at radius 2 is 2.00 bits per heavy atom. The van der Waals surface area contributed by atoms with E-state index in [2.05, 4.69) is 5.32 Å². The second-order valence-corrected chi connectivity index (χ2v) is 3.37. The minimum absolute atomic E-state index is 0.194. The van der Waals surface area contributed by atoms with Gasteiger partial charge in [-0.2, -0.15) is 0 Å². The molecule has 4 N–H and O–H groups in total. The van der Waals surface area contributed by atoms with Gasteiger partial charge >= 0.3 is 0 Å². The van der Waals surface area contributed by atoms with E-state index in [-0.39, 0.29) is 6.04 Å². The van der Waals surface area contributed by atoms with Crippen LogP contribution in [0, 0.1) is 0 Å². The molecule has 4 heteroatoms. The van der Waals surface area contributed by atoms with Crippen LogP contribution in [0.5, 0.6) is 0 Å². The van der Waals surface area contributed by atoms with Crippen LogP contribution >= 0.6 is 0 Å². The number of aliphatic hydroxyl groups excluding tert-OH is 2. The molecule has 1 fully saturated rings. The first-order valence-corrected chi connectivity index (χ1v) is 3.78. The number of aliphatic hydroxyl groups is 3. The van der Waals surface area contributed by atoms with Gasteiger partial charge in [0.2, 0.25) is 0 Å². The zero-order valence-corrected chi connectivity index (χ0v) is 6.78. The third-order valence-electron chi connectivity index (χ3n) is 2.47. The monoisotopic (exact) mass is 161 g/mol. The van der Waals surface area contributed by atoms with E-state index >= 15 is 0 Å². The smallest absolute Gasteiger partial charge is 0.111 e. The van der Waals surface area contributed by atoms with Gasteiger partial charge in [0.05, 0.1) is 6.10 Å². The molecule has 1 aliphatic rings. The first-order valence-electron chi connectivity index (χ1n) is 3.78. The Morgan fingerprint density at radius 3 is 2.45 bits per heavy atom. The normalized spacial score (nSPS) is 52.6. The second kappa shape index (κ2) is 2.71. The largest absolute Gasteiger partial charge is 0.389 e. The summed E-state index contributed by atoms with van der Waals surface area (Å²) in [6, 6.07) is -0.194. The zero-order chi connectivity index (χ0) is 8.65. The van der Waals surface area contributed by atoms with Crippen LogP contribution in [0.4, 0.5) is 0 Å². The van der Waals surface area contributed by atoms with Gasteiger partial charge in [-0.3, -0.25) is 0 Å². The molecule has 1 heterocycles. The fourth-order valence-corrected chi connectivity index (χ4v) is 1.26. The third-order valence-corrected chi connectivity index (χ3v) is 2.47. The van der Waals surface area contributed by atoms with E-state index in [1.807, 2.05) is 0 Å². The van der Waals surface area contributed by atoms with E-state index < -0.39 is 17.8 Å². The predicted octanol–water partition coefficient (Wildman–Crippen LogP) is -1.55. The van der Waals surface area contributed by atoms with Crippen molar-refractivity contribution in [2.24, 2.45) is 0 Å². The Bertz CT molecular complexity index is 149. The lowest BCUT2D eigenvalue weighted by Gasteiger charge is -2.42. The van der Waals surface area contributed by atoms with Crippen molar-refractivity contribution in [3.63, 3.8) is 0 Å². The van der Waals surface area contributed by atoms with Crippen molar-refractivity contribution < 1.29 is 15.3 Å². The Hall–Kier alpha value is -0.160. The van der Waals surface area contributed by atoms with Crippen LogP contribution in [0.15, 0.2) is 0 Å². The number of piperidine rings is 1. The van der Waals surface area contributed by atoms with Crippen molar-refractivity contribution in [1.82, 2.24) is 5.32 Å². The molecule has 1 rings (SSSR count). The van der Waals surface area contributed by atoms with Crippen LogP contribution in [0.3, 0.4) is 0 Å². The summed E-state index contributed by atoms with van der Waals surface area (Å²) in [5.41, 5.74) is -1.24. The van der Waals surface area contributed by atoms with Gasteiger partial charge in [0.15, 0.2) is 0 Å². The first kappa shape index (κ1) is 8.93. The minimum atomic E-state index is -1.24. The lowest BCUT2D eigenvalue weighted by molar-refractivity contribution is -0.149. The zero-order valence-electron chi connectivity index (χ0n) is 6.78. The van der Waals surface area contributed by atoms with Gasteiger partial charge in [-0.25, -0.2) is 0 Å². The number of rotatable bonds is 0. The Labute approximate surface area is 65.9 Å². The second-order valence-electron chi connectivity index (χ2n) is 3.37. The van der Waals surface area contributed by atoms with E-state index in [4.69, 9.17) is 5.11 Å². The van der Waals surface area contributed by atoms with Crippen LogP contribution < -0.4 is 5.32 Å². The summed E-state index contributed by atoms with van der Waals surface area (Å²) in [5, 5.41) is 31.0. The summed E-state index contributed by atoms with van der Waals surface area (Å²) in [7, 11) is 0. The van der Waals surface area contributed by atoms with Gasteiger partial charge < -0.3 is 20.6 Å². The van der Waals surface area contributed by atoms with E-state index in [1.54, 1.807) is 6.92 Å². The summed E-state index contributed by atoms with van der Waals surface area (Å²) in [5.74, 6) is 0. The van der Waals surface area contributed by atoms with Crippen molar-refractivity contribution in [1.29, 1.82) is 0 Å². The third kappa shape index (κ3) is 1.39. The van der Waals surface area contributed by atoms with Crippen molar-refractivity contribution in [3.8, 4) is 0 Å². The Morgan fingerprint density at radius 1 is 1.45 bits per heavy atom. The van der Waals surface area contributed by atoms with E-state index in [0.717, 1.165) is 0 Å². The van der Waals surface area contributed by atoms with E-state index in [9.17, 15) is 10.2 Å². The lowest BCUT2D eigenvalue weighted by Crippen LogP contribution is -2.65. The van der Waals surface area contributed by atoms with Crippen LogP contribution in [0.1, 0.15) is 13.8 Å². The summed E-state index contributed by atoms with van der Waals surface area (Å²) < 4.78 is 0. The maximum Gasteiger partial charge on any atom is 0.111 e. The SMILES string of the molecule is C[C@@H]1NC[C@H](O)[C@@H](O)[C@@]1(C)O. The molecule has 11 heavy (non-hydrogen) atoms. The summed E-state index contributed by atoms with van der Waals surface area (Å²) in [4.78, 5) is 0. The minimum Gasteiger partial charge on any atom is -0.389 e. The average Bonchev–Trinajstić information content (AvgIpc) is 1.95. The maximum atomic E-state index is 9.61. The van der Waals surface area contributed by atoms with Crippen molar-refractivity contribution in [2.75, 3.05) is 6.54 Å².